The summed E-state index contributed by atoms with van der Waals surface area (Å²) in [6.45, 7) is 1.79. The Labute approximate surface area is 223 Å². The van der Waals surface area contributed by atoms with Gasteiger partial charge in [-0.1, -0.05) is 36.7 Å². The van der Waals surface area contributed by atoms with Crippen LogP contribution in [0.2, 0.25) is 5.02 Å². The van der Waals surface area contributed by atoms with Crippen LogP contribution in [0.4, 0.5) is 5.82 Å². The van der Waals surface area contributed by atoms with Gasteiger partial charge in [-0.3, -0.25) is 4.98 Å². The van der Waals surface area contributed by atoms with Crippen molar-refractivity contribution in [1.82, 2.24) is 14.7 Å². The molecule has 1 saturated carbocycles. The van der Waals surface area contributed by atoms with Crippen LogP contribution in [0.5, 0.6) is 0 Å². The maximum Gasteiger partial charge on any atom is 0.215 e. The highest BCUT2D eigenvalue weighted by Crippen LogP contribution is 2.41. The van der Waals surface area contributed by atoms with Crippen LogP contribution in [0.1, 0.15) is 47.9 Å². The van der Waals surface area contributed by atoms with Gasteiger partial charge in [-0.05, 0) is 54.1 Å². The number of nitrogen functional groups attached to an aromatic ring is 1. The van der Waals surface area contributed by atoms with E-state index in [-0.39, 0.29) is 11.7 Å². The largest absolute Gasteiger partial charge is 0.384 e. The third-order valence-electron chi connectivity index (χ3n) is 6.45. The maximum atomic E-state index is 13.0. The molecule has 3 aromatic heterocycles. The number of hydrogen-bond acceptors (Lipinski definition) is 8. The van der Waals surface area contributed by atoms with Gasteiger partial charge in [0.15, 0.2) is 0 Å². The Morgan fingerprint density at radius 3 is 2.76 bits per heavy atom. The normalized spacial score (nSPS) is 16.3. The molecule has 11 heteroatoms. The van der Waals surface area contributed by atoms with Crippen molar-refractivity contribution in [1.29, 1.82) is 5.26 Å². The number of nitrogens with one attached hydrogen (secondary N) is 1. The van der Waals surface area contributed by atoms with Crippen LogP contribution in [0.25, 0.3) is 21.3 Å². The molecule has 0 bridgehead atoms. The predicted molar refractivity (Wildman–Crippen MR) is 146 cm³/mol. The second-order valence-electron chi connectivity index (χ2n) is 9.11. The van der Waals surface area contributed by atoms with E-state index in [0.717, 1.165) is 26.1 Å². The average Bonchev–Trinajstić information content (AvgIpc) is 3.67. The fraction of sp³-hybridized carbons (Fsp3) is 0.269. The summed E-state index contributed by atoms with van der Waals surface area (Å²) in [5.74, 6) is -0.144. The van der Waals surface area contributed by atoms with Gasteiger partial charge in [-0.25, -0.2) is 18.1 Å². The van der Waals surface area contributed by atoms with Gasteiger partial charge < -0.3 is 10.8 Å². The molecule has 0 radical (unpaired) electrons. The summed E-state index contributed by atoms with van der Waals surface area (Å²) >= 11 is 7.90. The van der Waals surface area contributed by atoms with E-state index >= 15 is 0 Å². The minimum Gasteiger partial charge on any atom is -0.384 e. The second kappa shape index (κ2) is 10.0. The van der Waals surface area contributed by atoms with Gasteiger partial charge in [0.05, 0.1) is 33.8 Å². The molecule has 8 nitrogen and oxygen atoms in total. The number of aliphatic hydroxyl groups excluding tert-OH is 1. The van der Waals surface area contributed by atoms with E-state index < -0.39 is 27.4 Å². The van der Waals surface area contributed by atoms with E-state index in [2.05, 4.69) is 14.7 Å². The first-order chi connectivity index (χ1) is 17.7. The number of rotatable bonds is 8. The van der Waals surface area contributed by atoms with Crippen LogP contribution in [-0.4, -0.2) is 34.8 Å². The minimum absolute atomic E-state index is 0.242. The summed E-state index contributed by atoms with van der Waals surface area (Å²) in [6.07, 6.45) is 1.77. The lowest BCUT2D eigenvalue weighted by Crippen LogP contribution is -2.32. The lowest BCUT2D eigenvalue weighted by atomic mass is 9.95. The maximum absolute atomic E-state index is 13.0. The van der Waals surface area contributed by atoms with Crippen molar-refractivity contribution in [3.63, 3.8) is 0 Å². The Hall–Kier alpha value is -3.07. The Balaban J connectivity index is 1.62. The first-order valence-electron chi connectivity index (χ1n) is 11.7. The van der Waals surface area contributed by atoms with Gasteiger partial charge in [-0.2, -0.15) is 5.26 Å². The highest BCUT2D eigenvalue weighted by atomic mass is 35.5. The smallest absolute Gasteiger partial charge is 0.215 e. The van der Waals surface area contributed by atoms with Crippen molar-refractivity contribution in [2.24, 2.45) is 0 Å². The fourth-order valence-corrected chi connectivity index (χ4v) is 7.20. The SMILES string of the molecule is CC(c1ccnc(-c2cccc3cc(C(NS(=O)(=O)C4CC4)c4nc(N)ccc4Cl)sc23)c1)C(O)C#N. The third-order valence-corrected chi connectivity index (χ3v) is 9.93. The highest BCUT2D eigenvalue weighted by molar-refractivity contribution is 7.90. The summed E-state index contributed by atoms with van der Waals surface area (Å²) < 4.78 is 29.7. The number of benzene rings is 1. The Bertz CT molecular complexity index is 1630. The number of sulfonamides is 1. The van der Waals surface area contributed by atoms with Crippen LogP contribution in [0.3, 0.4) is 0 Å². The molecule has 190 valence electrons. The summed E-state index contributed by atoms with van der Waals surface area (Å²) in [6, 6.07) is 15.6. The average molecular weight is 554 g/mol. The molecule has 0 aliphatic heterocycles. The number of anilines is 1. The number of aromatic nitrogens is 2. The Kier molecular flexibility index (Phi) is 6.91. The van der Waals surface area contributed by atoms with Crippen molar-refractivity contribution in [2.45, 2.75) is 43.1 Å². The molecule has 1 aliphatic carbocycles. The molecule has 4 aromatic rings. The molecule has 3 heterocycles. The van der Waals surface area contributed by atoms with E-state index in [1.54, 1.807) is 31.3 Å². The summed E-state index contributed by atoms with van der Waals surface area (Å²) in [4.78, 5) is 9.64. The number of nitriles is 1. The predicted octanol–water partition coefficient (Wildman–Crippen LogP) is 4.75. The number of nitrogens with two attached hydrogens (primary N) is 1. The first kappa shape index (κ1) is 25.6. The summed E-state index contributed by atoms with van der Waals surface area (Å²) in [5, 5.41) is 19.9. The van der Waals surface area contributed by atoms with Crippen LogP contribution < -0.4 is 10.5 Å². The van der Waals surface area contributed by atoms with E-state index in [1.165, 1.54) is 11.3 Å². The van der Waals surface area contributed by atoms with Gasteiger partial charge in [-0.15, -0.1) is 11.3 Å². The molecule has 3 atom stereocenters. The zero-order valence-electron chi connectivity index (χ0n) is 19.8. The molecule has 4 N–H and O–H groups in total. The second-order valence-corrected chi connectivity index (χ2v) is 12.6. The van der Waals surface area contributed by atoms with Crippen molar-refractivity contribution < 1.29 is 13.5 Å². The molecule has 0 saturated heterocycles. The quantitative estimate of drug-likeness (QED) is 0.267. The standard InChI is InChI=1S/C26H24ClN5O3S2/c1-14(21(33)13-28)15-9-10-30-20(11-15)18-4-2-3-16-12-22(36-26(16)18)25(32-37(34,35)17-5-6-17)24-19(27)7-8-23(29)31-24/h2-4,7-12,14,17,21,25,32-33H,5-6H2,1H3,(H2,29,31). The zero-order valence-corrected chi connectivity index (χ0v) is 22.2. The van der Waals surface area contributed by atoms with Crippen LogP contribution in [0.15, 0.2) is 54.7 Å². The highest BCUT2D eigenvalue weighted by Gasteiger charge is 2.38. The molecule has 0 spiro atoms. The molecule has 5 rings (SSSR count). The Morgan fingerprint density at radius 2 is 2.03 bits per heavy atom. The molecule has 37 heavy (non-hydrogen) atoms. The van der Waals surface area contributed by atoms with Gasteiger partial charge in [0, 0.05) is 27.3 Å². The number of nitrogens with zero attached hydrogens (tertiary/aromatic N) is 3. The molecule has 0 amide bonds. The van der Waals surface area contributed by atoms with E-state index in [1.807, 2.05) is 36.4 Å². The third kappa shape index (κ3) is 5.19. The van der Waals surface area contributed by atoms with Crippen LogP contribution >= 0.6 is 22.9 Å². The van der Waals surface area contributed by atoms with Crippen molar-refractivity contribution >= 4 is 48.9 Å². The van der Waals surface area contributed by atoms with Crippen molar-refractivity contribution in [3.8, 4) is 17.3 Å². The number of hydrogen-bond donors (Lipinski definition) is 3. The number of halogens is 1. The lowest BCUT2D eigenvalue weighted by molar-refractivity contribution is 0.204. The van der Waals surface area contributed by atoms with Crippen LogP contribution in [-0.2, 0) is 10.0 Å². The van der Waals surface area contributed by atoms with Crippen LogP contribution in [0, 0.1) is 11.3 Å². The van der Waals surface area contributed by atoms with Gasteiger partial charge in [0.2, 0.25) is 10.0 Å². The number of thiophene rings is 1. The van der Waals surface area contributed by atoms with Gasteiger partial charge >= 0.3 is 0 Å². The zero-order chi connectivity index (χ0) is 26.3. The van der Waals surface area contributed by atoms with Gasteiger partial charge in [0.25, 0.3) is 0 Å². The molecule has 1 fully saturated rings. The number of aliphatic hydroxyl groups is 1. The molecular weight excluding hydrogens is 530 g/mol. The van der Waals surface area contributed by atoms with E-state index in [0.29, 0.717) is 29.3 Å². The first-order valence-corrected chi connectivity index (χ1v) is 14.4. The molecule has 1 aliphatic rings. The fourth-order valence-electron chi connectivity index (χ4n) is 4.16. The van der Waals surface area contributed by atoms with E-state index in [9.17, 15) is 13.5 Å². The minimum atomic E-state index is -3.58. The molecule has 3 unspecified atom stereocenters. The summed E-state index contributed by atoms with van der Waals surface area (Å²) in [5.41, 5.74) is 8.61. The topological polar surface area (TPSA) is 142 Å². The van der Waals surface area contributed by atoms with Gasteiger partial charge in [0.1, 0.15) is 11.9 Å². The van der Waals surface area contributed by atoms with Crippen molar-refractivity contribution in [2.75, 3.05) is 5.73 Å². The molecule has 1 aromatic carbocycles. The molecular formula is C26H24ClN5O3S2. The van der Waals surface area contributed by atoms with E-state index in [4.69, 9.17) is 22.6 Å². The number of pyridine rings is 2. The number of fused-ring (bicyclic) bond motifs is 1. The Morgan fingerprint density at radius 1 is 1.24 bits per heavy atom. The monoisotopic (exact) mass is 553 g/mol. The lowest BCUT2D eigenvalue weighted by Gasteiger charge is -2.18. The van der Waals surface area contributed by atoms with Crippen molar-refractivity contribution in [3.05, 3.63) is 75.9 Å². The summed E-state index contributed by atoms with van der Waals surface area (Å²) in [7, 11) is -3.58.